The van der Waals surface area contributed by atoms with Gasteiger partial charge in [-0.05, 0) is 14.0 Å². The molecule has 0 fully saturated rings. The van der Waals surface area contributed by atoms with E-state index in [-0.39, 0.29) is 6.10 Å². The molecule has 1 aromatic rings. The summed E-state index contributed by atoms with van der Waals surface area (Å²) in [5, 5.41) is 11.5. The average Bonchev–Trinajstić information content (AvgIpc) is 2.19. The molecule has 0 aromatic carbocycles. The van der Waals surface area contributed by atoms with Gasteiger partial charge in [0.25, 0.3) is 0 Å². The van der Waals surface area contributed by atoms with Crippen LogP contribution in [-0.2, 0) is 0 Å². The third kappa shape index (κ3) is 2.99. The predicted octanol–water partition coefficient (Wildman–Crippen LogP) is 0.335. The molecule has 0 aliphatic carbocycles. The second-order valence-electron chi connectivity index (χ2n) is 2.84. The van der Waals surface area contributed by atoms with Crippen LogP contribution in [0.3, 0.4) is 0 Å². The van der Waals surface area contributed by atoms with Crippen molar-refractivity contribution in [3.05, 3.63) is 18.1 Å². The molecule has 0 saturated carbocycles. The Bertz CT molecular complexity index is 317. The highest BCUT2D eigenvalue weighted by atomic mass is 16.5. The van der Waals surface area contributed by atoms with Gasteiger partial charge in [-0.1, -0.05) is 0 Å². The topological polar surface area (TPSA) is 70.8 Å². The van der Waals surface area contributed by atoms with Crippen molar-refractivity contribution in [2.75, 3.05) is 13.6 Å². The van der Waals surface area contributed by atoms with Gasteiger partial charge in [0.05, 0.1) is 12.4 Å². The van der Waals surface area contributed by atoms with Crippen LogP contribution in [-0.4, -0.2) is 29.7 Å². The lowest BCUT2D eigenvalue weighted by Crippen LogP contribution is -2.26. The van der Waals surface area contributed by atoms with Crippen LogP contribution >= 0.6 is 0 Å². The van der Waals surface area contributed by atoms with Crippen molar-refractivity contribution in [2.45, 2.75) is 13.0 Å². The molecule has 0 saturated heterocycles. The highest BCUT2D eigenvalue weighted by molar-refractivity contribution is 5.18. The molecule has 5 nitrogen and oxygen atoms in total. The largest absolute Gasteiger partial charge is 0.472 e. The third-order valence-corrected chi connectivity index (χ3v) is 1.56. The summed E-state index contributed by atoms with van der Waals surface area (Å²) in [6.45, 7) is 2.66. The zero-order valence-electron chi connectivity index (χ0n) is 8.19. The summed E-state index contributed by atoms with van der Waals surface area (Å²) < 4.78 is 5.41. The first kappa shape index (κ1) is 10.4. The minimum absolute atomic E-state index is 0.0298. The zero-order valence-corrected chi connectivity index (χ0v) is 8.19. The zero-order chi connectivity index (χ0) is 10.4. The minimum Gasteiger partial charge on any atom is -0.472 e. The highest BCUT2D eigenvalue weighted by Crippen LogP contribution is 2.05. The van der Waals surface area contributed by atoms with E-state index >= 15 is 0 Å². The smallest absolute Gasteiger partial charge is 0.232 e. The van der Waals surface area contributed by atoms with E-state index in [0.717, 1.165) is 6.54 Å². The van der Waals surface area contributed by atoms with Crippen molar-refractivity contribution in [3.8, 4) is 11.9 Å². The van der Waals surface area contributed by atoms with Gasteiger partial charge in [-0.3, -0.25) is 0 Å². The Morgan fingerprint density at radius 1 is 1.57 bits per heavy atom. The van der Waals surface area contributed by atoms with E-state index in [4.69, 9.17) is 10.00 Å². The van der Waals surface area contributed by atoms with Crippen LogP contribution in [0.4, 0.5) is 0 Å². The van der Waals surface area contributed by atoms with Crippen molar-refractivity contribution >= 4 is 0 Å². The minimum atomic E-state index is 0.0298. The molecule has 1 unspecified atom stereocenters. The summed E-state index contributed by atoms with van der Waals surface area (Å²) in [5.41, 5.74) is 0.290. The fourth-order valence-electron chi connectivity index (χ4n) is 0.970. The van der Waals surface area contributed by atoms with Crippen molar-refractivity contribution in [1.82, 2.24) is 15.3 Å². The van der Waals surface area contributed by atoms with Crippen molar-refractivity contribution < 1.29 is 4.74 Å². The maximum absolute atomic E-state index is 8.49. The van der Waals surface area contributed by atoms with Crippen molar-refractivity contribution in [2.24, 2.45) is 0 Å². The second-order valence-corrected chi connectivity index (χ2v) is 2.84. The third-order valence-electron chi connectivity index (χ3n) is 1.56. The number of ether oxygens (including phenoxy) is 1. The number of nitrogens with one attached hydrogen (secondary N) is 1. The fraction of sp³-hybridized carbons (Fsp3) is 0.444. The van der Waals surface area contributed by atoms with Gasteiger partial charge in [-0.15, -0.1) is 0 Å². The summed E-state index contributed by atoms with van der Waals surface area (Å²) >= 11 is 0. The van der Waals surface area contributed by atoms with Crippen LogP contribution < -0.4 is 10.1 Å². The fourth-order valence-corrected chi connectivity index (χ4v) is 0.970. The molecule has 14 heavy (non-hydrogen) atoms. The number of nitrogens with zero attached hydrogens (tertiary/aromatic N) is 3. The Balaban J connectivity index is 2.56. The van der Waals surface area contributed by atoms with E-state index in [1.165, 1.54) is 12.4 Å². The summed E-state index contributed by atoms with van der Waals surface area (Å²) in [7, 11) is 1.85. The van der Waals surface area contributed by atoms with Crippen LogP contribution in [0.15, 0.2) is 12.4 Å². The summed E-state index contributed by atoms with van der Waals surface area (Å²) in [6.07, 6.45) is 2.87. The van der Waals surface area contributed by atoms with Gasteiger partial charge in [0.1, 0.15) is 12.2 Å². The van der Waals surface area contributed by atoms with Gasteiger partial charge in [0.2, 0.25) is 5.88 Å². The van der Waals surface area contributed by atoms with E-state index in [1.807, 2.05) is 20.0 Å². The number of hydrogen-bond donors (Lipinski definition) is 1. The molecule has 5 heteroatoms. The number of hydrogen-bond acceptors (Lipinski definition) is 5. The molecular formula is C9H12N4O. The highest BCUT2D eigenvalue weighted by Gasteiger charge is 2.03. The SMILES string of the molecule is CNCC(C)Oc1cnc(C#N)cn1. The standard InChI is InChI=1S/C9H12N4O/c1-7(4-11-2)14-9-6-12-8(3-10)5-13-9/h5-7,11H,4H2,1-2H3. The lowest BCUT2D eigenvalue weighted by Gasteiger charge is -2.12. The molecule has 1 atom stereocenters. The van der Waals surface area contributed by atoms with Crippen LogP contribution in [0.2, 0.25) is 0 Å². The normalized spacial score (nSPS) is 11.8. The summed E-state index contributed by atoms with van der Waals surface area (Å²) in [6, 6.07) is 1.89. The van der Waals surface area contributed by atoms with Gasteiger partial charge < -0.3 is 10.1 Å². The second kappa shape index (κ2) is 5.14. The molecule has 1 N–H and O–H groups in total. The first-order valence-corrected chi connectivity index (χ1v) is 4.29. The Hall–Kier alpha value is -1.67. The van der Waals surface area contributed by atoms with Crippen molar-refractivity contribution in [3.63, 3.8) is 0 Å². The molecule has 1 rings (SSSR count). The maximum atomic E-state index is 8.49. The van der Waals surface area contributed by atoms with Crippen LogP contribution in [0, 0.1) is 11.3 Å². The van der Waals surface area contributed by atoms with Gasteiger partial charge in [-0.25, -0.2) is 9.97 Å². The predicted molar refractivity (Wildman–Crippen MR) is 50.8 cm³/mol. The quantitative estimate of drug-likeness (QED) is 0.744. The monoisotopic (exact) mass is 192 g/mol. The van der Waals surface area contributed by atoms with E-state index in [2.05, 4.69) is 15.3 Å². The Labute approximate surface area is 82.8 Å². The Kier molecular flexibility index (Phi) is 3.83. The number of likely N-dealkylation sites (N-methyl/N-ethyl adjacent to an activating group) is 1. The van der Waals surface area contributed by atoms with E-state index < -0.39 is 0 Å². The van der Waals surface area contributed by atoms with E-state index in [9.17, 15) is 0 Å². The molecule has 0 amide bonds. The number of aromatic nitrogens is 2. The Morgan fingerprint density at radius 2 is 2.36 bits per heavy atom. The van der Waals surface area contributed by atoms with E-state index in [0.29, 0.717) is 11.6 Å². The lowest BCUT2D eigenvalue weighted by atomic mass is 10.4. The molecule has 74 valence electrons. The molecule has 1 aromatic heterocycles. The first-order valence-electron chi connectivity index (χ1n) is 4.29. The van der Waals surface area contributed by atoms with Gasteiger partial charge in [-0.2, -0.15) is 5.26 Å². The molecule has 1 heterocycles. The van der Waals surface area contributed by atoms with E-state index in [1.54, 1.807) is 0 Å². The van der Waals surface area contributed by atoms with Crippen LogP contribution in [0.5, 0.6) is 5.88 Å². The molecule has 0 radical (unpaired) electrons. The summed E-state index contributed by atoms with van der Waals surface area (Å²) in [5.74, 6) is 0.437. The molecular weight excluding hydrogens is 180 g/mol. The van der Waals surface area contributed by atoms with Gasteiger partial charge >= 0.3 is 0 Å². The van der Waals surface area contributed by atoms with Crippen molar-refractivity contribution in [1.29, 1.82) is 5.26 Å². The summed E-state index contributed by atoms with van der Waals surface area (Å²) in [4.78, 5) is 7.78. The molecule has 0 bridgehead atoms. The Morgan fingerprint density at radius 3 is 2.86 bits per heavy atom. The molecule has 0 aliphatic rings. The van der Waals surface area contributed by atoms with Gasteiger partial charge in [0.15, 0.2) is 5.69 Å². The van der Waals surface area contributed by atoms with Gasteiger partial charge in [0, 0.05) is 6.54 Å². The number of rotatable bonds is 4. The lowest BCUT2D eigenvalue weighted by molar-refractivity contribution is 0.211. The first-order chi connectivity index (χ1) is 6.76. The van der Waals surface area contributed by atoms with Crippen LogP contribution in [0.1, 0.15) is 12.6 Å². The van der Waals surface area contributed by atoms with Crippen LogP contribution in [0.25, 0.3) is 0 Å². The molecule has 0 spiro atoms. The number of nitriles is 1. The average molecular weight is 192 g/mol. The maximum Gasteiger partial charge on any atom is 0.232 e. The molecule has 0 aliphatic heterocycles.